The molecule has 3 rings (SSSR count). The zero-order chi connectivity index (χ0) is 19.8. The van der Waals surface area contributed by atoms with Crippen LogP contribution in [0.4, 0.5) is 0 Å². The quantitative estimate of drug-likeness (QED) is 0.801. The fourth-order valence-electron chi connectivity index (χ4n) is 3.26. The SMILES string of the molecule is Cc1ccc(S(C)(=O)=O)cc1C(=O)N1CCN(C(C)C(=O)NC2CC2)CC1. The van der Waals surface area contributed by atoms with Crippen LogP contribution in [0.5, 0.6) is 0 Å². The number of hydrogen-bond acceptors (Lipinski definition) is 5. The van der Waals surface area contributed by atoms with Crippen LogP contribution >= 0.6 is 0 Å². The van der Waals surface area contributed by atoms with E-state index in [-0.39, 0.29) is 22.8 Å². The molecule has 1 atom stereocenters. The van der Waals surface area contributed by atoms with Gasteiger partial charge in [0.05, 0.1) is 10.9 Å². The van der Waals surface area contributed by atoms with E-state index < -0.39 is 9.84 Å². The molecule has 0 spiro atoms. The summed E-state index contributed by atoms with van der Waals surface area (Å²) in [5, 5.41) is 3.02. The van der Waals surface area contributed by atoms with Crippen LogP contribution in [0.25, 0.3) is 0 Å². The van der Waals surface area contributed by atoms with Crippen LogP contribution in [0, 0.1) is 6.92 Å². The van der Waals surface area contributed by atoms with E-state index in [1.807, 2.05) is 6.92 Å². The normalized spacial score (nSPS) is 19.6. The number of hydrogen-bond donors (Lipinski definition) is 1. The second-order valence-electron chi connectivity index (χ2n) is 7.54. The van der Waals surface area contributed by atoms with Crippen LogP contribution in [-0.2, 0) is 14.6 Å². The molecule has 2 amide bonds. The Bertz CT molecular complexity index is 841. The third-order valence-electron chi connectivity index (χ3n) is 5.32. The van der Waals surface area contributed by atoms with Gasteiger partial charge < -0.3 is 10.2 Å². The van der Waals surface area contributed by atoms with Gasteiger partial charge in [0.2, 0.25) is 5.91 Å². The van der Waals surface area contributed by atoms with Gasteiger partial charge in [-0.15, -0.1) is 0 Å². The van der Waals surface area contributed by atoms with E-state index in [1.165, 1.54) is 12.1 Å². The van der Waals surface area contributed by atoms with E-state index in [4.69, 9.17) is 0 Å². The zero-order valence-corrected chi connectivity index (χ0v) is 16.9. The Labute approximate surface area is 160 Å². The summed E-state index contributed by atoms with van der Waals surface area (Å²) < 4.78 is 23.6. The number of nitrogens with one attached hydrogen (secondary N) is 1. The smallest absolute Gasteiger partial charge is 0.254 e. The van der Waals surface area contributed by atoms with Crippen molar-refractivity contribution in [1.82, 2.24) is 15.1 Å². The lowest BCUT2D eigenvalue weighted by atomic mass is 10.1. The first-order valence-corrected chi connectivity index (χ1v) is 11.2. The first kappa shape index (κ1) is 19.8. The van der Waals surface area contributed by atoms with Gasteiger partial charge in [-0.25, -0.2) is 8.42 Å². The summed E-state index contributed by atoms with van der Waals surface area (Å²) in [4.78, 5) is 29.1. The van der Waals surface area contributed by atoms with Gasteiger partial charge in [0, 0.05) is 44.0 Å². The molecule has 0 aromatic heterocycles. The predicted octanol–water partition coefficient (Wildman–Crippen LogP) is 0.823. The lowest BCUT2D eigenvalue weighted by Gasteiger charge is -2.37. The average Bonchev–Trinajstić information content (AvgIpc) is 3.44. The molecule has 1 aliphatic heterocycles. The minimum Gasteiger partial charge on any atom is -0.352 e. The Morgan fingerprint density at radius 2 is 1.78 bits per heavy atom. The van der Waals surface area contributed by atoms with Gasteiger partial charge in [-0.2, -0.15) is 0 Å². The molecule has 8 heteroatoms. The maximum absolute atomic E-state index is 12.9. The molecule has 1 heterocycles. The number of rotatable bonds is 5. The Hall–Kier alpha value is -1.93. The molecule has 148 valence electrons. The average molecular weight is 394 g/mol. The minimum absolute atomic E-state index is 0.0500. The fourth-order valence-corrected chi connectivity index (χ4v) is 3.91. The summed E-state index contributed by atoms with van der Waals surface area (Å²) in [5.74, 6) is -0.110. The van der Waals surface area contributed by atoms with Crippen molar-refractivity contribution in [2.75, 3.05) is 32.4 Å². The highest BCUT2D eigenvalue weighted by Crippen LogP contribution is 2.20. The number of benzene rings is 1. The molecule has 1 unspecified atom stereocenters. The molecule has 1 aliphatic carbocycles. The van der Waals surface area contributed by atoms with E-state index in [0.717, 1.165) is 24.7 Å². The second-order valence-corrected chi connectivity index (χ2v) is 9.55. The lowest BCUT2D eigenvalue weighted by molar-refractivity contribution is -0.126. The van der Waals surface area contributed by atoms with Crippen molar-refractivity contribution < 1.29 is 18.0 Å². The van der Waals surface area contributed by atoms with E-state index in [2.05, 4.69) is 10.2 Å². The first-order valence-electron chi connectivity index (χ1n) is 9.31. The van der Waals surface area contributed by atoms with Crippen molar-refractivity contribution in [3.05, 3.63) is 29.3 Å². The van der Waals surface area contributed by atoms with Crippen LogP contribution in [0.3, 0.4) is 0 Å². The minimum atomic E-state index is -3.36. The van der Waals surface area contributed by atoms with Gasteiger partial charge in [-0.1, -0.05) is 6.07 Å². The van der Waals surface area contributed by atoms with Crippen LogP contribution < -0.4 is 5.32 Å². The summed E-state index contributed by atoms with van der Waals surface area (Å²) in [6.45, 7) is 5.98. The number of piperazine rings is 1. The molecule has 2 aliphatic rings. The van der Waals surface area contributed by atoms with Crippen molar-refractivity contribution in [2.24, 2.45) is 0 Å². The third-order valence-corrected chi connectivity index (χ3v) is 6.43. The van der Waals surface area contributed by atoms with Crippen molar-refractivity contribution in [3.63, 3.8) is 0 Å². The molecule has 0 bridgehead atoms. The van der Waals surface area contributed by atoms with Crippen molar-refractivity contribution in [3.8, 4) is 0 Å². The summed E-state index contributed by atoms with van der Waals surface area (Å²) >= 11 is 0. The molecular formula is C19H27N3O4S. The Balaban J connectivity index is 1.64. The molecule has 0 radical (unpaired) electrons. The fraction of sp³-hybridized carbons (Fsp3) is 0.579. The van der Waals surface area contributed by atoms with Crippen LogP contribution in [0.1, 0.15) is 35.7 Å². The molecule has 1 saturated carbocycles. The maximum Gasteiger partial charge on any atom is 0.254 e. The highest BCUT2D eigenvalue weighted by atomic mass is 32.2. The van der Waals surface area contributed by atoms with Gasteiger partial charge in [-0.05, 0) is 44.4 Å². The highest BCUT2D eigenvalue weighted by Gasteiger charge is 2.31. The molecule has 27 heavy (non-hydrogen) atoms. The molecule has 1 aromatic carbocycles. The second kappa shape index (κ2) is 7.59. The molecule has 7 nitrogen and oxygen atoms in total. The van der Waals surface area contributed by atoms with E-state index in [1.54, 1.807) is 17.9 Å². The number of nitrogens with zero attached hydrogens (tertiary/aromatic N) is 2. The monoisotopic (exact) mass is 393 g/mol. The Kier molecular flexibility index (Phi) is 5.58. The summed E-state index contributed by atoms with van der Waals surface area (Å²) in [6.07, 6.45) is 3.26. The van der Waals surface area contributed by atoms with Gasteiger partial charge >= 0.3 is 0 Å². The van der Waals surface area contributed by atoms with E-state index in [9.17, 15) is 18.0 Å². The standard InChI is InChI=1S/C19H27N3O4S/c1-13-4-7-16(27(3,25)26)12-17(13)19(24)22-10-8-21(9-11-22)14(2)18(23)20-15-5-6-15/h4,7,12,14-15H,5-6,8-11H2,1-3H3,(H,20,23). The Morgan fingerprint density at radius 1 is 1.15 bits per heavy atom. The molecule has 1 N–H and O–H groups in total. The van der Waals surface area contributed by atoms with Crippen molar-refractivity contribution >= 4 is 21.7 Å². The van der Waals surface area contributed by atoms with Crippen molar-refractivity contribution in [2.45, 2.75) is 43.7 Å². The number of aryl methyl sites for hydroxylation is 1. The summed E-state index contributed by atoms with van der Waals surface area (Å²) in [7, 11) is -3.36. The van der Waals surface area contributed by atoms with Gasteiger partial charge in [-0.3, -0.25) is 14.5 Å². The first-order chi connectivity index (χ1) is 12.7. The highest BCUT2D eigenvalue weighted by molar-refractivity contribution is 7.90. The van der Waals surface area contributed by atoms with Crippen molar-refractivity contribution in [1.29, 1.82) is 0 Å². The van der Waals surface area contributed by atoms with Gasteiger partial charge in [0.1, 0.15) is 0 Å². The molecule has 2 fully saturated rings. The predicted molar refractivity (Wildman–Crippen MR) is 102 cm³/mol. The molecular weight excluding hydrogens is 366 g/mol. The van der Waals surface area contributed by atoms with Crippen LogP contribution in [0.2, 0.25) is 0 Å². The van der Waals surface area contributed by atoms with E-state index in [0.29, 0.717) is 37.8 Å². The summed E-state index contributed by atoms with van der Waals surface area (Å²) in [6, 6.07) is 4.79. The zero-order valence-electron chi connectivity index (χ0n) is 16.1. The molecule has 1 saturated heterocycles. The van der Waals surface area contributed by atoms with E-state index >= 15 is 0 Å². The summed E-state index contributed by atoms with van der Waals surface area (Å²) in [5.41, 5.74) is 1.18. The maximum atomic E-state index is 12.9. The van der Waals surface area contributed by atoms with Crippen LogP contribution in [0.15, 0.2) is 23.1 Å². The Morgan fingerprint density at radius 3 is 2.33 bits per heavy atom. The number of sulfone groups is 1. The largest absolute Gasteiger partial charge is 0.352 e. The third kappa shape index (κ3) is 4.68. The molecule has 1 aromatic rings. The lowest BCUT2D eigenvalue weighted by Crippen LogP contribution is -2.55. The van der Waals surface area contributed by atoms with Gasteiger partial charge in [0.25, 0.3) is 5.91 Å². The van der Waals surface area contributed by atoms with Gasteiger partial charge in [0.15, 0.2) is 9.84 Å². The van der Waals surface area contributed by atoms with Crippen LogP contribution in [-0.4, -0.2) is 74.6 Å². The number of carbonyl (C=O) groups excluding carboxylic acids is 2. The number of amides is 2. The topological polar surface area (TPSA) is 86.8 Å². The number of carbonyl (C=O) groups is 2.